The van der Waals surface area contributed by atoms with E-state index in [1.165, 1.54) is 24.2 Å². The summed E-state index contributed by atoms with van der Waals surface area (Å²) in [6, 6.07) is 65.1. The van der Waals surface area contributed by atoms with E-state index in [4.69, 9.17) is 0 Å². The molecule has 0 heterocycles. The number of benzene rings is 6. The van der Waals surface area contributed by atoms with Gasteiger partial charge in [0.1, 0.15) is 0 Å². The van der Waals surface area contributed by atoms with Gasteiger partial charge in [-0.3, -0.25) is 0 Å². The van der Waals surface area contributed by atoms with E-state index in [0.29, 0.717) is 0 Å². The van der Waals surface area contributed by atoms with Crippen LogP contribution in [0.25, 0.3) is 0 Å². The van der Waals surface area contributed by atoms with Crippen LogP contribution >= 0.6 is 19.8 Å². The molecule has 6 aromatic rings. The van der Waals surface area contributed by atoms with Gasteiger partial charge < -0.3 is 24.8 Å². The van der Waals surface area contributed by atoms with Crippen molar-refractivity contribution in [3.63, 3.8) is 0 Å². The van der Waals surface area contributed by atoms with Crippen molar-refractivity contribution in [2.45, 2.75) is 0 Å². The van der Waals surface area contributed by atoms with Crippen LogP contribution < -0.4 is 49.0 Å². The van der Waals surface area contributed by atoms with Gasteiger partial charge in [0.05, 0.1) is 0 Å². The van der Waals surface area contributed by atoms with Crippen LogP contribution in [0.5, 0.6) is 0 Å². The van der Waals surface area contributed by atoms with Gasteiger partial charge in [0.25, 0.3) is 0 Å². The van der Waals surface area contributed by atoms with Crippen molar-refractivity contribution in [3.8, 4) is 0 Å². The predicted molar refractivity (Wildman–Crippen MR) is 179 cm³/mol. The van der Waals surface area contributed by atoms with Crippen LogP contribution in [0.3, 0.4) is 0 Å². The van der Waals surface area contributed by atoms with Crippen molar-refractivity contribution in [3.05, 3.63) is 182 Å². The molecule has 0 N–H and O–H groups in total. The second kappa shape index (κ2) is 20.9. The van der Waals surface area contributed by atoms with Crippen molar-refractivity contribution in [2.75, 3.05) is 0 Å². The summed E-state index contributed by atoms with van der Waals surface area (Å²) in [6.45, 7) is 0. The SMILES string of the molecule is P.P.[Cl-].[Cl-].c1cc[c]([Pd+]([c]2ccccc2)[c]2ccccc2)cc1.c1cc[c]([Pd+]([c]2ccccc2)[c]2ccccc2)cc1. The Bertz CT molecular complexity index is 1190. The molecule has 42 heavy (non-hydrogen) atoms. The summed E-state index contributed by atoms with van der Waals surface area (Å²) < 4.78 is 8.70. The monoisotopic (exact) mass is 812 g/mol. The molecule has 0 aromatic heterocycles. The molecule has 0 spiro atoms. The zero-order chi connectivity index (χ0) is 25.8. The van der Waals surface area contributed by atoms with Gasteiger partial charge in [-0.1, -0.05) is 0 Å². The quantitative estimate of drug-likeness (QED) is 0.154. The summed E-state index contributed by atoms with van der Waals surface area (Å²) in [5.74, 6) is 0. The zero-order valence-corrected chi connectivity index (χ0v) is 30.6. The molecule has 0 amide bonds. The maximum atomic E-state index is 2.25. The van der Waals surface area contributed by atoms with Crippen LogP contribution in [0.4, 0.5) is 0 Å². The van der Waals surface area contributed by atoms with E-state index in [9.17, 15) is 0 Å². The Labute approximate surface area is 282 Å². The maximum absolute atomic E-state index is 2.25. The molecule has 0 saturated carbocycles. The van der Waals surface area contributed by atoms with Crippen molar-refractivity contribution < 1.29 is 58.3 Å². The van der Waals surface area contributed by atoms with Crippen molar-refractivity contribution in [2.24, 2.45) is 0 Å². The first-order chi connectivity index (χ1) is 18.9. The van der Waals surface area contributed by atoms with Gasteiger partial charge in [0.2, 0.25) is 0 Å². The van der Waals surface area contributed by atoms with Gasteiger partial charge in [-0.2, -0.15) is 19.8 Å². The Morgan fingerprint density at radius 3 is 0.452 bits per heavy atom. The van der Waals surface area contributed by atoms with Crippen LogP contribution in [0.15, 0.2) is 182 Å². The summed E-state index contributed by atoms with van der Waals surface area (Å²) in [4.78, 5) is 0. The summed E-state index contributed by atoms with van der Waals surface area (Å²) in [7, 11) is 0. The third kappa shape index (κ3) is 10.7. The van der Waals surface area contributed by atoms with Gasteiger partial charge in [-0.05, 0) is 0 Å². The molecule has 0 saturated heterocycles. The van der Waals surface area contributed by atoms with Crippen LogP contribution in [-0.4, -0.2) is 0 Å². The minimum absolute atomic E-state index is 0. The average molecular weight is 814 g/mol. The number of hydrogen-bond donors (Lipinski definition) is 0. The Balaban J connectivity index is 0.000000383. The summed E-state index contributed by atoms with van der Waals surface area (Å²) in [5.41, 5.74) is 0. The standard InChI is InChI=1S/6C6H5.2ClH.2H3P.2Pd/c6*1-2-4-6-5-3-1;;;;;;/h6*1-5H;2*1H;2*1H3;;/q;;;;;;;;;;2*+1/p-2. The molecule has 0 bridgehead atoms. The predicted octanol–water partition coefficient (Wildman–Crippen LogP) is -0.714. The third-order valence-electron chi connectivity index (χ3n) is 5.37. The van der Waals surface area contributed by atoms with E-state index in [1.807, 2.05) is 0 Å². The van der Waals surface area contributed by atoms with Gasteiger partial charge in [-0.25, -0.2) is 0 Å². The van der Waals surface area contributed by atoms with Gasteiger partial charge in [-0.15, -0.1) is 0 Å². The van der Waals surface area contributed by atoms with Gasteiger partial charge in [0, 0.05) is 0 Å². The van der Waals surface area contributed by atoms with E-state index in [0.717, 1.165) is 0 Å². The second-order valence-electron chi connectivity index (χ2n) is 8.03. The molecular weight excluding hydrogens is 778 g/mol. The third-order valence-corrected chi connectivity index (χ3v) is 13.9. The fourth-order valence-corrected chi connectivity index (χ4v) is 11.7. The van der Waals surface area contributed by atoms with Gasteiger partial charge in [0.15, 0.2) is 0 Å². The topological polar surface area (TPSA) is 0 Å². The van der Waals surface area contributed by atoms with E-state index in [-0.39, 0.29) is 44.6 Å². The number of halogens is 2. The second-order valence-corrected chi connectivity index (χ2v) is 15.8. The fraction of sp³-hybridized carbons (Fsp3) is 0. The molecule has 6 rings (SSSR count). The first-order valence-electron chi connectivity index (χ1n) is 12.4. The van der Waals surface area contributed by atoms with Crippen molar-refractivity contribution in [1.29, 1.82) is 0 Å². The Morgan fingerprint density at radius 1 is 0.214 bits per heavy atom. The number of rotatable bonds is 6. The van der Waals surface area contributed by atoms with Crippen molar-refractivity contribution in [1.82, 2.24) is 0 Å². The molecule has 0 radical (unpaired) electrons. The fourth-order valence-electron chi connectivity index (χ4n) is 3.68. The van der Waals surface area contributed by atoms with Gasteiger partial charge >= 0.3 is 240 Å². The summed E-state index contributed by atoms with van der Waals surface area (Å²) in [5, 5.41) is 0. The zero-order valence-electron chi connectivity index (χ0n) is 23.1. The molecule has 0 aliphatic heterocycles. The Hall–Kier alpha value is -1.92. The molecule has 0 aliphatic carbocycles. The van der Waals surface area contributed by atoms with Crippen LogP contribution in [-0.2, 0) is 33.5 Å². The van der Waals surface area contributed by atoms with E-state index in [1.54, 1.807) is 0 Å². The molecule has 0 nitrogen and oxygen atoms in total. The number of hydrogen-bond acceptors (Lipinski definition) is 0. The minimum atomic E-state index is -1.05. The molecule has 224 valence electrons. The molecule has 2 atom stereocenters. The molecular formula is C36H36Cl2P2Pd2. The van der Waals surface area contributed by atoms with Crippen LogP contribution in [0.1, 0.15) is 0 Å². The van der Waals surface area contributed by atoms with E-state index < -0.39 is 33.5 Å². The molecule has 6 aromatic carbocycles. The molecule has 0 fully saturated rings. The molecule has 2 unspecified atom stereocenters. The average Bonchev–Trinajstić information content (AvgIpc) is 3.01. The van der Waals surface area contributed by atoms with Crippen LogP contribution in [0, 0.1) is 0 Å². The first kappa shape index (κ1) is 38.1. The molecule has 0 aliphatic rings. The Kier molecular flexibility index (Phi) is 19.0. The van der Waals surface area contributed by atoms with E-state index in [2.05, 4.69) is 182 Å². The van der Waals surface area contributed by atoms with E-state index >= 15 is 0 Å². The Morgan fingerprint density at radius 2 is 0.333 bits per heavy atom. The van der Waals surface area contributed by atoms with Crippen LogP contribution in [0.2, 0.25) is 0 Å². The summed E-state index contributed by atoms with van der Waals surface area (Å²) >= 11 is -2.10. The first-order valence-corrected chi connectivity index (χ1v) is 17.1. The summed E-state index contributed by atoms with van der Waals surface area (Å²) in [6.07, 6.45) is 0. The molecule has 6 heteroatoms. The van der Waals surface area contributed by atoms with Crippen molar-refractivity contribution >= 4 is 44.0 Å². The normalized spacial score (nSPS) is 10.0.